The molecule has 0 radical (unpaired) electrons. The number of carbonyl (C=O) groups excluding carboxylic acids is 1. The summed E-state index contributed by atoms with van der Waals surface area (Å²) < 4.78 is 0. The topological polar surface area (TPSA) is 74.6 Å². The van der Waals surface area contributed by atoms with E-state index in [1.807, 2.05) is 54.6 Å². The zero-order valence-corrected chi connectivity index (χ0v) is 12.9. The molecule has 0 atom stereocenters. The lowest BCUT2D eigenvalue weighted by Crippen LogP contribution is -2.01. The Kier molecular flexibility index (Phi) is 4.29. The minimum atomic E-state index is -1.02. The van der Waals surface area contributed by atoms with Crippen LogP contribution in [0.5, 0.6) is 0 Å². The van der Waals surface area contributed by atoms with Crippen LogP contribution in [0.3, 0.4) is 0 Å². The van der Waals surface area contributed by atoms with E-state index in [0.717, 1.165) is 27.6 Å². The molecule has 0 heterocycles. The molecule has 0 unspecified atom stereocenters. The van der Waals surface area contributed by atoms with Crippen molar-refractivity contribution in [2.24, 2.45) is 0 Å². The summed E-state index contributed by atoms with van der Waals surface area (Å²) in [6.07, 6.45) is 0.840. The van der Waals surface area contributed by atoms with Crippen LogP contribution >= 0.6 is 0 Å². The summed E-state index contributed by atoms with van der Waals surface area (Å²) in [6, 6.07) is 17.2. The third-order valence-corrected chi connectivity index (χ3v) is 3.91. The van der Waals surface area contributed by atoms with Gasteiger partial charge in [-0.2, -0.15) is 0 Å². The van der Waals surface area contributed by atoms with Gasteiger partial charge in [0.25, 0.3) is 0 Å². The Labute approximate surface area is 138 Å². The average molecular weight is 320 g/mol. The number of aliphatic hydroxyl groups excluding tert-OH is 1. The number of hydrogen-bond acceptors (Lipinski definition) is 3. The van der Waals surface area contributed by atoms with Crippen LogP contribution in [0.1, 0.15) is 23.2 Å². The van der Waals surface area contributed by atoms with E-state index in [0.29, 0.717) is 5.56 Å². The lowest BCUT2D eigenvalue weighted by molar-refractivity contribution is -0.137. The number of aliphatic hydroxyl groups is 1. The minimum Gasteiger partial charge on any atom is -0.512 e. The minimum absolute atomic E-state index is 0.0657. The van der Waals surface area contributed by atoms with Gasteiger partial charge in [0.2, 0.25) is 0 Å². The van der Waals surface area contributed by atoms with Gasteiger partial charge >= 0.3 is 5.97 Å². The van der Waals surface area contributed by atoms with Gasteiger partial charge in [0, 0.05) is 18.1 Å². The number of fused-ring (bicyclic) bond motifs is 2. The molecule has 0 bridgehead atoms. The first-order valence-electron chi connectivity index (χ1n) is 7.62. The molecule has 0 amide bonds. The van der Waals surface area contributed by atoms with Crippen LogP contribution in [0.25, 0.3) is 21.5 Å². The fraction of sp³-hybridized carbons (Fsp3) is 0.100. The number of carbonyl (C=O) groups is 2. The Balaban J connectivity index is 2.13. The van der Waals surface area contributed by atoms with Crippen molar-refractivity contribution in [3.8, 4) is 0 Å². The van der Waals surface area contributed by atoms with Crippen molar-refractivity contribution in [2.45, 2.75) is 12.8 Å². The van der Waals surface area contributed by atoms with E-state index in [1.165, 1.54) is 0 Å². The quantitative estimate of drug-likeness (QED) is 0.314. The standard InChI is InChI=1S/C20H16O4/c21-15(9-10-19(23)24)12-18(22)20-16-7-3-1-5-13(16)11-14-6-2-4-8-17(14)20/h1-8,11-12,21H,9-10H2,(H,23,24). The number of hydrogen-bond donors (Lipinski definition) is 2. The van der Waals surface area contributed by atoms with Crippen LogP contribution in [0.15, 0.2) is 66.4 Å². The molecule has 0 aliphatic heterocycles. The first kappa shape index (κ1) is 15.7. The Morgan fingerprint density at radius 3 is 1.92 bits per heavy atom. The number of allylic oxidation sites excluding steroid dienone is 2. The van der Waals surface area contributed by atoms with Crippen LogP contribution in [0.2, 0.25) is 0 Å². The monoisotopic (exact) mass is 320 g/mol. The fourth-order valence-corrected chi connectivity index (χ4v) is 2.81. The van der Waals surface area contributed by atoms with E-state index in [-0.39, 0.29) is 24.4 Å². The predicted octanol–water partition coefficient (Wildman–Crippen LogP) is 4.48. The second-order valence-electron chi connectivity index (χ2n) is 5.59. The predicted molar refractivity (Wildman–Crippen MR) is 93.4 cm³/mol. The van der Waals surface area contributed by atoms with E-state index < -0.39 is 5.97 Å². The van der Waals surface area contributed by atoms with Crippen molar-refractivity contribution in [3.05, 3.63) is 72.0 Å². The molecule has 0 aliphatic rings. The largest absolute Gasteiger partial charge is 0.512 e. The maximum atomic E-state index is 12.7. The van der Waals surface area contributed by atoms with Crippen molar-refractivity contribution in [3.63, 3.8) is 0 Å². The highest BCUT2D eigenvalue weighted by molar-refractivity contribution is 6.22. The Morgan fingerprint density at radius 2 is 1.38 bits per heavy atom. The number of carboxylic acids is 1. The Hall–Kier alpha value is -3.14. The number of carboxylic acid groups (broad SMARTS) is 1. The maximum absolute atomic E-state index is 12.7. The molecule has 120 valence electrons. The molecule has 3 aromatic rings. The Morgan fingerprint density at radius 1 is 0.833 bits per heavy atom. The van der Waals surface area contributed by atoms with Gasteiger partial charge in [-0.05, 0) is 27.6 Å². The van der Waals surface area contributed by atoms with Gasteiger partial charge in [-0.3, -0.25) is 9.59 Å². The fourth-order valence-electron chi connectivity index (χ4n) is 2.81. The number of benzene rings is 3. The summed E-state index contributed by atoms with van der Waals surface area (Å²) in [4.78, 5) is 23.3. The van der Waals surface area contributed by atoms with Crippen LogP contribution in [-0.2, 0) is 4.79 Å². The van der Waals surface area contributed by atoms with Gasteiger partial charge in [0.1, 0.15) is 0 Å². The second kappa shape index (κ2) is 6.54. The zero-order valence-electron chi connectivity index (χ0n) is 12.9. The molecule has 3 aromatic carbocycles. The van der Waals surface area contributed by atoms with Crippen LogP contribution in [-0.4, -0.2) is 22.0 Å². The van der Waals surface area contributed by atoms with Crippen LogP contribution in [0, 0.1) is 0 Å². The summed E-state index contributed by atoms with van der Waals surface area (Å²) in [5.41, 5.74) is 0.519. The van der Waals surface area contributed by atoms with Gasteiger partial charge in [0.05, 0.1) is 12.2 Å². The number of rotatable bonds is 5. The maximum Gasteiger partial charge on any atom is 0.303 e. The molecule has 2 N–H and O–H groups in total. The van der Waals surface area contributed by atoms with E-state index in [4.69, 9.17) is 5.11 Å². The molecule has 4 nitrogen and oxygen atoms in total. The molecule has 0 fully saturated rings. The van der Waals surface area contributed by atoms with Crippen molar-refractivity contribution < 1.29 is 19.8 Å². The van der Waals surface area contributed by atoms with E-state index in [2.05, 4.69) is 0 Å². The average Bonchev–Trinajstić information content (AvgIpc) is 2.57. The number of ketones is 1. The highest BCUT2D eigenvalue weighted by atomic mass is 16.4. The van der Waals surface area contributed by atoms with Gasteiger partial charge < -0.3 is 10.2 Å². The summed E-state index contributed by atoms with van der Waals surface area (Å²) >= 11 is 0. The third kappa shape index (κ3) is 3.13. The van der Waals surface area contributed by atoms with Gasteiger partial charge in [-0.15, -0.1) is 0 Å². The Bertz CT molecular complexity index is 916. The van der Waals surface area contributed by atoms with Crippen molar-refractivity contribution in [1.29, 1.82) is 0 Å². The zero-order chi connectivity index (χ0) is 17.1. The number of aliphatic carboxylic acids is 1. The molecular weight excluding hydrogens is 304 g/mol. The molecule has 24 heavy (non-hydrogen) atoms. The van der Waals surface area contributed by atoms with Gasteiger partial charge in [-0.25, -0.2) is 0 Å². The molecule has 0 aromatic heterocycles. The SMILES string of the molecule is O=C(O)CCC(O)=CC(=O)c1c2ccccc2cc2ccccc12. The summed E-state index contributed by atoms with van der Waals surface area (Å²) in [5.74, 6) is -1.57. The molecule has 0 saturated carbocycles. The molecule has 4 heteroatoms. The highest BCUT2D eigenvalue weighted by Gasteiger charge is 2.14. The van der Waals surface area contributed by atoms with Crippen molar-refractivity contribution in [1.82, 2.24) is 0 Å². The van der Waals surface area contributed by atoms with E-state index >= 15 is 0 Å². The molecule has 0 spiro atoms. The molecule has 0 aliphatic carbocycles. The molecule has 0 saturated heterocycles. The second-order valence-corrected chi connectivity index (χ2v) is 5.59. The van der Waals surface area contributed by atoms with Crippen molar-refractivity contribution >= 4 is 33.3 Å². The lowest BCUT2D eigenvalue weighted by Gasteiger charge is -2.09. The first-order chi connectivity index (χ1) is 11.6. The normalized spacial score (nSPS) is 11.8. The summed E-state index contributed by atoms with van der Waals surface area (Å²) in [7, 11) is 0. The first-order valence-corrected chi connectivity index (χ1v) is 7.62. The summed E-state index contributed by atoms with van der Waals surface area (Å²) in [6.45, 7) is 0. The molecular formula is C20H16O4. The third-order valence-electron chi connectivity index (χ3n) is 3.91. The summed E-state index contributed by atoms with van der Waals surface area (Å²) in [5, 5.41) is 22.0. The smallest absolute Gasteiger partial charge is 0.303 e. The highest BCUT2D eigenvalue weighted by Crippen LogP contribution is 2.29. The van der Waals surface area contributed by atoms with E-state index in [1.54, 1.807) is 0 Å². The molecule has 3 rings (SSSR count). The van der Waals surface area contributed by atoms with Gasteiger partial charge in [-0.1, -0.05) is 48.5 Å². The van der Waals surface area contributed by atoms with Crippen LogP contribution in [0.4, 0.5) is 0 Å². The van der Waals surface area contributed by atoms with Crippen LogP contribution < -0.4 is 0 Å². The lowest BCUT2D eigenvalue weighted by atomic mass is 9.94. The van der Waals surface area contributed by atoms with Gasteiger partial charge in [0.15, 0.2) is 5.78 Å². The van der Waals surface area contributed by atoms with E-state index in [9.17, 15) is 14.7 Å². The van der Waals surface area contributed by atoms with Crippen molar-refractivity contribution in [2.75, 3.05) is 0 Å².